The molecule has 0 spiro atoms. The molecule has 6 nitrogen and oxygen atoms in total. The molecule has 1 saturated heterocycles. The molecule has 0 aromatic rings. The highest BCUT2D eigenvalue weighted by Crippen LogP contribution is 2.20. The van der Waals surface area contributed by atoms with Crippen molar-refractivity contribution in [1.29, 1.82) is 0 Å². The van der Waals surface area contributed by atoms with Gasteiger partial charge in [-0.25, -0.2) is 0 Å². The number of rotatable bonds is 34. The molecule has 3 unspecified atom stereocenters. The fourth-order valence-electron chi connectivity index (χ4n) is 7.00. The zero-order chi connectivity index (χ0) is 34.9. The molecule has 0 bridgehead atoms. The van der Waals surface area contributed by atoms with E-state index in [1.165, 1.54) is 96.3 Å². The molecule has 0 aromatic carbocycles. The van der Waals surface area contributed by atoms with Crippen LogP contribution in [-0.4, -0.2) is 77.0 Å². The van der Waals surface area contributed by atoms with Crippen LogP contribution in [0.1, 0.15) is 188 Å². The van der Waals surface area contributed by atoms with Crippen LogP contribution < -0.4 is 5.32 Å². The first-order chi connectivity index (χ1) is 23.5. The molecule has 0 radical (unpaired) electrons. The number of nitrogens with one attached hydrogen (secondary N) is 1. The highest BCUT2D eigenvalue weighted by Gasteiger charge is 2.29. The van der Waals surface area contributed by atoms with Gasteiger partial charge in [0, 0.05) is 32.6 Å². The van der Waals surface area contributed by atoms with Gasteiger partial charge in [-0.2, -0.15) is 0 Å². The summed E-state index contributed by atoms with van der Waals surface area (Å²) < 4.78 is 0. The molecule has 6 heteroatoms. The average molecular weight is 676 g/mol. The van der Waals surface area contributed by atoms with Gasteiger partial charge in [-0.1, -0.05) is 141 Å². The number of aliphatic hydroxyl groups is 2. The van der Waals surface area contributed by atoms with Crippen LogP contribution in [0.2, 0.25) is 0 Å². The van der Waals surface area contributed by atoms with Crippen LogP contribution in [0.4, 0.5) is 0 Å². The molecule has 282 valence electrons. The standard InChI is InChI=1S/C42H81N3O3/c1-4-7-9-23-29-39(46)31-25-19-15-11-13-17-21-27-33-41(48)43-35-36-45-38-37-44(6-3)42(45)34-28-22-18-14-12-16-20-26-32-40(47)30-24-10-8-5-2/h19-20,25-26,39-40,42,46-47H,4-18,21-24,27-38H2,1-3H3,(H,43,48)/b25-19-,26-20-. The van der Waals surface area contributed by atoms with E-state index >= 15 is 0 Å². The Balaban J connectivity index is 2.03. The van der Waals surface area contributed by atoms with Crippen molar-refractivity contribution in [2.45, 2.75) is 206 Å². The Bertz CT molecular complexity index is 773. The number of amides is 1. The Labute approximate surface area is 298 Å². The van der Waals surface area contributed by atoms with Crippen molar-refractivity contribution in [3.63, 3.8) is 0 Å². The van der Waals surface area contributed by atoms with Gasteiger partial charge in [0.25, 0.3) is 0 Å². The third-order valence-corrected chi connectivity index (χ3v) is 10.2. The fraction of sp³-hybridized carbons (Fsp3) is 0.881. The molecule has 3 atom stereocenters. The van der Waals surface area contributed by atoms with Gasteiger partial charge in [0.05, 0.1) is 18.4 Å². The molecule has 1 rings (SSSR count). The van der Waals surface area contributed by atoms with Crippen molar-refractivity contribution in [2.24, 2.45) is 0 Å². The number of likely N-dealkylation sites (N-methyl/N-ethyl adjacent to an activating group) is 1. The highest BCUT2D eigenvalue weighted by atomic mass is 16.3. The lowest BCUT2D eigenvalue weighted by Gasteiger charge is -2.29. The SMILES string of the molecule is CCCCCCC(O)C/C=C\CCCCCCCC(=O)NCCN1CCN(CC)C1CCCCCCC/C=C\CC(O)CCCCCC. The minimum absolute atomic E-state index is 0.159. The lowest BCUT2D eigenvalue weighted by Crippen LogP contribution is -2.42. The smallest absolute Gasteiger partial charge is 0.220 e. The maximum atomic E-state index is 12.4. The minimum Gasteiger partial charge on any atom is -0.393 e. The number of nitrogens with zero attached hydrogens (tertiary/aromatic N) is 2. The largest absolute Gasteiger partial charge is 0.393 e. The van der Waals surface area contributed by atoms with Gasteiger partial charge >= 0.3 is 0 Å². The monoisotopic (exact) mass is 676 g/mol. The maximum Gasteiger partial charge on any atom is 0.220 e. The topological polar surface area (TPSA) is 76.0 Å². The van der Waals surface area contributed by atoms with Gasteiger partial charge in [-0.3, -0.25) is 14.6 Å². The van der Waals surface area contributed by atoms with E-state index < -0.39 is 0 Å². The second-order valence-corrected chi connectivity index (χ2v) is 14.6. The molecule has 0 saturated carbocycles. The van der Waals surface area contributed by atoms with E-state index in [0.717, 1.165) is 96.9 Å². The Morgan fingerprint density at radius 3 is 1.71 bits per heavy atom. The summed E-state index contributed by atoms with van der Waals surface area (Å²) in [6.45, 7) is 11.8. The molecule has 1 aliphatic rings. The van der Waals surface area contributed by atoms with Crippen molar-refractivity contribution in [3.8, 4) is 0 Å². The van der Waals surface area contributed by atoms with Crippen LogP contribution in [0.15, 0.2) is 24.3 Å². The second kappa shape index (κ2) is 33.0. The van der Waals surface area contributed by atoms with Crippen molar-refractivity contribution in [1.82, 2.24) is 15.1 Å². The van der Waals surface area contributed by atoms with E-state index in [-0.39, 0.29) is 18.1 Å². The lowest BCUT2D eigenvalue weighted by molar-refractivity contribution is -0.121. The van der Waals surface area contributed by atoms with Crippen LogP contribution in [-0.2, 0) is 4.79 Å². The Morgan fingerprint density at radius 1 is 0.646 bits per heavy atom. The minimum atomic E-state index is -0.173. The molecular formula is C42H81N3O3. The molecular weight excluding hydrogens is 594 g/mol. The quantitative estimate of drug-likeness (QED) is 0.0468. The fourth-order valence-corrected chi connectivity index (χ4v) is 7.00. The zero-order valence-electron chi connectivity index (χ0n) is 32.2. The number of hydrogen-bond acceptors (Lipinski definition) is 5. The lowest BCUT2D eigenvalue weighted by atomic mass is 10.1. The molecule has 0 aromatic heterocycles. The zero-order valence-corrected chi connectivity index (χ0v) is 32.2. The van der Waals surface area contributed by atoms with Crippen molar-refractivity contribution in [3.05, 3.63) is 24.3 Å². The van der Waals surface area contributed by atoms with E-state index in [1.54, 1.807) is 0 Å². The predicted molar refractivity (Wildman–Crippen MR) is 207 cm³/mol. The molecule has 1 fully saturated rings. The summed E-state index contributed by atoms with van der Waals surface area (Å²) in [5.41, 5.74) is 0. The van der Waals surface area contributed by atoms with E-state index in [9.17, 15) is 15.0 Å². The van der Waals surface area contributed by atoms with Crippen molar-refractivity contribution in [2.75, 3.05) is 32.7 Å². The third-order valence-electron chi connectivity index (χ3n) is 10.2. The molecule has 1 aliphatic heterocycles. The van der Waals surface area contributed by atoms with E-state index in [0.29, 0.717) is 12.6 Å². The van der Waals surface area contributed by atoms with Crippen molar-refractivity contribution < 1.29 is 15.0 Å². The summed E-state index contributed by atoms with van der Waals surface area (Å²) in [6.07, 6.45) is 38.7. The van der Waals surface area contributed by atoms with Crippen molar-refractivity contribution >= 4 is 5.91 Å². The molecule has 1 heterocycles. The number of carbonyl (C=O) groups is 1. The van der Waals surface area contributed by atoms with Gasteiger partial charge in [0.15, 0.2) is 0 Å². The van der Waals surface area contributed by atoms with Crippen LogP contribution in [0.5, 0.6) is 0 Å². The van der Waals surface area contributed by atoms with Gasteiger partial charge < -0.3 is 15.5 Å². The van der Waals surface area contributed by atoms with Gasteiger partial charge in [-0.15, -0.1) is 0 Å². The van der Waals surface area contributed by atoms with E-state index in [1.807, 2.05) is 0 Å². The third kappa shape index (κ3) is 25.7. The predicted octanol–water partition coefficient (Wildman–Crippen LogP) is 10.1. The number of hydrogen-bond donors (Lipinski definition) is 3. The first-order valence-electron chi connectivity index (χ1n) is 20.9. The Kier molecular flexibility index (Phi) is 30.8. The number of unbranched alkanes of at least 4 members (excludes halogenated alkanes) is 16. The van der Waals surface area contributed by atoms with Crippen LogP contribution in [0.25, 0.3) is 0 Å². The summed E-state index contributed by atoms with van der Waals surface area (Å²) in [5.74, 6) is 0.211. The maximum absolute atomic E-state index is 12.4. The first-order valence-corrected chi connectivity index (χ1v) is 20.9. The molecule has 0 aliphatic carbocycles. The molecule has 1 amide bonds. The summed E-state index contributed by atoms with van der Waals surface area (Å²) >= 11 is 0. The van der Waals surface area contributed by atoms with Crippen LogP contribution in [0.3, 0.4) is 0 Å². The van der Waals surface area contributed by atoms with Gasteiger partial charge in [0.1, 0.15) is 0 Å². The Morgan fingerprint density at radius 2 is 1.15 bits per heavy atom. The van der Waals surface area contributed by atoms with E-state index in [2.05, 4.69) is 60.2 Å². The average Bonchev–Trinajstić information content (AvgIpc) is 3.48. The number of aliphatic hydroxyl groups excluding tert-OH is 2. The summed E-state index contributed by atoms with van der Waals surface area (Å²) in [5, 5.41) is 23.3. The van der Waals surface area contributed by atoms with Crippen LogP contribution >= 0.6 is 0 Å². The molecule has 48 heavy (non-hydrogen) atoms. The number of carbonyl (C=O) groups excluding carboxylic acids is 1. The van der Waals surface area contributed by atoms with Crippen LogP contribution in [0, 0.1) is 0 Å². The second-order valence-electron chi connectivity index (χ2n) is 14.6. The van der Waals surface area contributed by atoms with Gasteiger partial charge in [0.2, 0.25) is 5.91 Å². The summed E-state index contributed by atoms with van der Waals surface area (Å²) in [7, 11) is 0. The summed E-state index contributed by atoms with van der Waals surface area (Å²) in [4.78, 5) is 17.6. The molecule has 3 N–H and O–H groups in total. The summed E-state index contributed by atoms with van der Waals surface area (Å²) in [6, 6.07) is 0. The normalized spacial score (nSPS) is 17.2. The van der Waals surface area contributed by atoms with Gasteiger partial charge in [-0.05, 0) is 70.8 Å². The number of allylic oxidation sites excluding steroid dienone is 2. The van der Waals surface area contributed by atoms with E-state index in [4.69, 9.17) is 0 Å². The first kappa shape index (κ1) is 44.8. The Hall–Kier alpha value is -1.21. The highest BCUT2D eigenvalue weighted by molar-refractivity contribution is 5.75.